The second-order valence-electron chi connectivity index (χ2n) is 3.42. The quantitative estimate of drug-likeness (QED) is 0.872. The molecular formula is C11H12ClN3O. The van der Waals surface area contributed by atoms with E-state index in [2.05, 4.69) is 5.10 Å². The Morgan fingerprint density at radius 3 is 2.69 bits per heavy atom. The van der Waals surface area contributed by atoms with E-state index in [-0.39, 0.29) is 0 Å². The zero-order valence-electron chi connectivity index (χ0n) is 9.07. The van der Waals surface area contributed by atoms with E-state index in [4.69, 9.17) is 22.1 Å². The SMILES string of the molecule is COc1ccc(Cl)cc1-c1cc(N)n(C)n1. The summed E-state index contributed by atoms with van der Waals surface area (Å²) in [6, 6.07) is 7.18. The molecule has 0 amide bonds. The molecule has 1 aromatic heterocycles. The van der Waals surface area contributed by atoms with E-state index in [0.717, 1.165) is 17.0 Å². The van der Waals surface area contributed by atoms with Crippen LogP contribution in [-0.4, -0.2) is 16.9 Å². The van der Waals surface area contributed by atoms with Gasteiger partial charge in [-0.15, -0.1) is 0 Å². The molecule has 0 atom stereocenters. The van der Waals surface area contributed by atoms with Crippen LogP contribution in [0.3, 0.4) is 0 Å². The minimum absolute atomic E-state index is 0.594. The molecule has 4 nitrogen and oxygen atoms in total. The number of hydrogen-bond acceptors (Lipinski definition) is 3. The first-order chi connectivity index (χ1) is 7.61. The van der Waals surface area contributed by atoms with Crippen molar-refractivity contribution in [1.29, 1.82) is 0 Å². The van der Waals surface area contributed by atoms with Gasteiger partial charge in [-0.05, 0) is 18.2 Å². The Bertz CT molecular complexity index is 502. The highest BCUT2D eigenvalue weighted by Gasteiger charge is 2.10. The van der Waals surface area contributed by atoms with Gasteiger partial charge in [0.2, 0.25) is 0 Å². The molecule has 1 heterocycles. The summed E-state index contributed by atoms with van der Waals surface area (Å²) in [6.07, 6.45) is 0. The molecule has 0 saturated heterocycles. The van der Waals surface area contributed by atoms with Gasteiger partial charge in [0, 0.05) is 23.7 Å². The van der Waals surface area contributed by atoms with E-state index in [1.807, 2.05) is 12.1 Å². The molecule has 0 aliphatic carbocycles. The molecule has 1 aromatic carbocycles. The van der Waals surface area contributed by atoms with Crippen LogP contribution >= 0.6 is 11.6 Å². The predicted molar refractivity (Wildman–Crippen MR) is 64.6 cm³/mol. The summed E-state index contributed by atoms with van der Waals surface area (Å²) in [4.78, 5) is 0. The molecule has 0 aliphatic heterocycles. The fourth-order valence-corrected chi connectivity index (χ4v) is 1.67. The first kappa shape index (κ1) is 10.8. The zero-order valence-corrected chi connectivity index (χ0v) is 9.82. The lowest BCUT2D eigenvalue weighted by Crippen LogP contribution is -1.96. The lowest BCUT2D eigenvalue weighted by atomic mass is 10.1. The maximum atomic E-state index is 5.95. The van der Waals surface area contributed by atoms with Crippen LogP contribution in [-0.2, 0) is 7.05 Å². The standard InChI is InChI=1S/C11H12ClN3O/c1-15-11(13)6-9(14-15)8-5-7(12)3-4-10(8)16-2/h3-6H,13H2,1-2H3. The first-order valence-corrected chi connectivity index (χ1v) is 5.13. The second kappa shape index (κ2) is 4.06. The van der Waals surface area contributed by atoms with Crippen LogP contribution in [0, 0.1) is 0 Å². The van der Waals surface area contributed by atoms with Crippen molar-refractivity contribution in [1.82, 2.24) is 9.78 Å². The van der Waals surface area contributed by atoms with Gasteiger partial charge in [0.05, 0.1) is 12.8 Å². The number of nitrogens with zero attached hydrogens (tertiary/aromatic N) is 2. The normalized spacial score (nSPS) is 10.4. The Balaban J connectivity index is 2.57. The summed E-state index contributed by atoms with van der Waals surface area (Å²) in [7, 11) is 3.40. The number of aryl methyl sites for hydroxylation is 1. The van der Waals surface area contributed by atoms with Crippen molar-refractivity contribution in [3.8, 4) is 17.0 Å². The number of nitrogen functional groups attached to an aromatic ring is 1. The van der Waals surface area contributed by atoms with E-state index in [1.54, 1.807) is 31.0 Å². The number of hydrogen-bond donors (Lipinski definition) is 1. The molecule has 0 radical (unpaired) electrons. The summed E-state index contributed by atoms with van der Waals surface area (Å²) in [5, 5.41) is 4.92. The van der Waals surface area contributed by atoms with Gasteiger partial charge in [-0.2, -0.15) is 5.10 Å². The average molecular weight is 238 g/mol. The fraction of sp³-hybridized carbons (Fsp3) is 0.182. The molecule has 0 aliphatic rings. The lowest BCUT2D eigenvalue weighted by molar-refractivity contribution is 0.416. The van der Waals surface area contributed by atoms with Crippen molar-refractivity contribution in [2.75, 3.05) is 12.8 Å². The zero-order chi connectivity index (χ0) is 11.7. The van der Waals surface area contributed by atoms with Gasteiger partial charge in [0.25, 0.3) is 0 Å². The number of aromatic nitrogens is 2. The number of benzene rings is 1. The van der Waals surface area contributed by atoms with Gasteiger partial charge in [0.1, 0.15) is 11.6 Å². The Labute approximate surface area is 98.6 Å². The van der Waals surface area contributed by atoms with Crippen LogP contribution in [0.25, 0.3) is 11.3 Å². The number of nitrogens with two attached hydrogens (primary N) is 1. The van der Waals surface area contributed by atoms with Gasteiger partial charge in [-0.1, -0.05) is 11.6 Å². The molecule has 2 N–H and O–H groups in total. The van der Waals surface area contributed by atoms with Crippen molar-refractivity contribution in [3.63, 3.8) is 0 Å². The highest BCUT2D eigenvalue weighted by Crippen LogP contribution is 2.32. The number of ether oxygens (including phenoxy) is 1. The monoisotopic (exact) mass is 237 g/mol. The van der Waals surface area contributed by atoms with Crippen molar-refractivity contribution in [2.24, 2.45) is 7.05 Å². The molecule has 0 bridgehead atoms. The van der Waals surface area contributed by atoms with Crippen LogP contribution in [0.2, 0.25) is 5.02 Å². The highest BCUT2D eigenvalue weighted by molar-refractivity contribution is 6.30. The molecule has 0 unspecified atom stereocenters. The molecule has 0 fully saturated rings. The molecule has 0 spiro atoms. The Morgan fingerprint density at radius 2 is 2.12 bits per heavy atom. The molecule has 5 heteroatoms. The second-order valence-corrected chi connectivity index (χ2v) is 3.86. The number of rotatable bonds is 2. The van der Waals surface area contributed by atoms with Crippen molar-refractivity contribution in [2.45, 2.75) is 0 Å². The molecule has 2 rings (SSSR count). The van der Waals surface area contributed by atoms with Gasteiger partial charge < -0.3 is 10.5 Å². The van der Waals surface area contributed by atoms with Crippen LogP contribution in [0.4, 0.5) is 5.82 Å². The van der Waals surface area contributed by atoms with E-state index in [1.165, 1.54) is 0 Å². The first-order valence-electron chi connectivity index (χ1n) is 4.75. The third-order valence-corrected chi connectivity index (χ3v) is 2.59. The van der Waals surface area contributed by atoms with E-state index in [9.17, 15) is 0 Å². The Morgan fingerprint density at radius 1 is 1.38 bits per heavy atom. The van der Waals surface area contributed by atoms with Crippen LogP contribution < -0.4 is 10.5 Å². The predicted octanol–water partition coefficient (Wildman–Crippen LogP) is 2.33. The van der Waals surface area contributed by atoms with Gasteiger partial charge in [0.15, 0.2) is 0 Å². The topological polar surface area (TPSA) is 53.1 Å². The minimum atomic E-state index is 0.594. The van der Waals surface area contributed by atoms with Gasteiger partial charge in [-0.25, -0.2) is 0 Å². The van der Waals surface area contributed by atoms with Crippen LogP contribution in [0.15, 0.2) is 24.3 Å². The van der Waals surface area contributed by atoms with E-state index in [0.29, 0.717) is 10.8 Å². The third-order valence-electron chi connectivity index (χ3n) is 2.35. The Hall–Kier alpha value is -1.68. The molecule has 84 valence electrons. The van der Waals surface area contributed by atoms with Crippen molar-refractivity contribution >= 4 is 17.4 Å². The number of halogens is 1. The van der Waals surface area contributed by atoms with Crippen molar-refractivity contribution in [3.05, 3.63) is 29.3 Å². The average Bonchev–Trinajstić information content (AvgIpc) is 2.59. The van der Waals surface area contributed by atoms with Crippen LogP contribution in [0.1, 0.15) is 0 Å². The van der Waals surface area contributed by atoms with Crippen LogP contribution in [0.5, 0.6) is 5.75 Å². The lowest BCUT2D eigenvalue weighted by Gasteiger charge is -2.05. The molecule has 16 heavy (non-hydrogen) atoms. The van der Waals surface area contributed by atoms with E-state index < -0.39 is 0 Å². The van der Waals surface area contributed by atoms with Gasteiger partial charge in [-0.3, -0.25) is 4.68 Å². The Kier molecular flexibility index (Phi) is 2.75. The largest absolute Gasteiger partial charge is 0.496 e. The summed E-state index contributed by atoms with van der Waals surface area (Å²) in [5.74, 6) is 1.32. The third kappa shape index (κ3) is 1.84. The maximum Gasteiger partial charge on any atom is 0.128 e. The summed E-state index contributed by atoms with van der Waals surface area (Å²) in [6.45, 7) is 0. The number of methoxy groups -OCH3 is 1. The highest BCUT2D eigenvalue weighted by atomic mass is 35.5. The minimum Gasteiger partial charge on any atom is -0.496 e. The molecule has 0 saturated carbocycles. The molecular weight excluding hydrogens is 226 g/mol. The molecule has 2 aromatic rings. The summed E-state index contributed by atoms with van der Waals surface area (Å²) in [5.41, 5.74) is 7.32. The maximum absolute atomic E-state index is 5.95. The summed E-state index contributed by atoms with van der Waals surface area (Å²) >= 11 is 5.95. The smallest absolute Gasteiger partial charge is 0.128 e. The number of anilines is 1. The summed E-state index contributed by atoms with van der Waals surface area (Å²) < 4.78 is 6.86. The van der Waals surface area contributed by atoms with E-state index >= 15 is 0 Å². The fourth-order valence-electron chi connectivity index (χ4n) is 1.49. The van der Waals surface area contributed by atoms with Crippen molar-refractivity contribution < 1.29 is 4.74 Å². The van der Waals surface area contributed by atoms with Gasteiger partial charge >= 0.3 is 0 Å².